The first-order valence-corrected chi connectivity index (χ1v) is 6.84. The minimum atomic E-state index is -0.230. The number of aromatic nitrogens is 3. The van der Waals surface area contributed by atoms with E-state index in [1.807, 2.05) is 57.1 Å². The van der Waals surface area contributed by atoms with Crippen LogP contribution in [0.2, 0.25) is 0 Å². The Hall–Kier alpha value is -2.37. The second-order valence-electron chi connectivity index (χ2n) is 5.38. The number of aryl methyl sites for hydroxylation is 1. The molecule has 21 heavy (non-hydrogen) atoms. The third-order valence-corrected chi connectivity index (χ3v) is 3.38. The average Bonchev–Trinajstić information content (AvgIpc) is 2.81. The first-order valence-electron chi connectivity index (χ1n) is 6.84. The molecule has 2 aromatic rings. The molecule has 1 aromatic heterocycles. The fourth-order valence-corrected chi connectivity index (χ4v) is 2.11. The van der Waals surface area contributed by atoms with Crippen LogP contribution in [0.3, 0.4) is 0 Å². The van der Waals surface area contributed by atoms with E-state index in [0.717, 1.165) is 5.56 Å². The highest BCUT2D eigenvalue weighted by Crippen LogP contribution is 2.14. The van der Waals surface area contributed by atoms with Gasteiger partial charge in [0.05, 0.1) is 6.04 Å². The maximum absolute atomic E-state index is 12.3. The summed E-state index contributed by atoms with van der Waals surface area (Å²) in [6, 6.07) is 8.01. The third-order valence-electron chi connectivity index (χ3n) is 3.38. The molecule has 0 bridgehead atoms. The average molecular weight is 287 g/mol. The second kappa shape index (κ2) is 5.95. The predicted molar refractivity (Wildman–Crippen MR) is 82.4 cm³/mol. The Morgan fingerprint density at radius 1 is 1.24 bits per heavy atom. The van der Waals surface area contributed by atoms with Gasteiger partial charge in [-0.05, 0) is 19.4 Å². The summed E-state index contributed by atoms with van der Waals surface area (Å²) in [7, 11) is 5.50. The molecule has 2 rings (SSSR count). The van der Waals surface area contributed by atoms with Gasteiger partial charge in [-0.2, -0.15) is 0 Å². The first kappa shape index (κ1) is 15.0. The van der Waals surface area contributed by atoms with Crippen molar-refractivity contribution in [1.82, 2.24) is 20.1 Å². The van der Waals surface area contributed by atoms with Crippen LogP contribution in [0.4, 0.5) is 5.95 Å². The third kappa shape index (κ3) is 3.21. The molecule has 1 N–H and O–H groups in total. The Morgan fingerprint density at radius 2 is 1.86 bits per heavy atom. The number of nitrogens with zero attached hydrogens (tertiary/aromatic N) is 4. The van der Waals surface area contributed by atoms with Crippen LogP contribution in [0.1, 0.15) is 34.7 Å². The lowest BCUT2D eigenvalue weighted by molar-refractivity contribution is 0.0926. The summed E-state index contributed by atoms with van der Waals surface area (Å²) in [6.07, 6.45) is 0. The summed E-state index contributed by atoms with van der Waals surface area (Å²) in [6.45, 7) is 3.99. The van der Waals surface area contributed by atoms with Crippen LogP contribution < -0.4 is 10.2 Å². The lowest BCUT2D eigenvalue weighted by Gasteiger charge is -2.15. The van der Waals surface area contributed by atoms with Crippen molar-refractivity contribution in [1.29, 1.82) is 0 Å². The molecule has 0 aliphatic rings. The van der Waals surface area contributed by atoms with E-state index in [9.17, 15) is 4.79 Å². The van der Waals surface area contributed by atoms with Gasteiger partial charge in [0.1, 0.15) is 0 Å². The molecule has 1 aromatic carbocycles. The zero-order valence-electron chi connectivity index (χ0n) is 13.1. The first-order chi connectivity index (χ1) is 9.90. The van der Waals surface area contributed by atoms with Crippen molar-refractivity contribution in [3.8, 4) is 0 Å². The van der Waals surface area contributed by atoms with Gasteiger partial charge in [-0.3, -0.25) is 9.36 Å². The van der Waals surface area contributed by atoms with Gasteiger partial charge in [-0.15, -0.1) is 10.2 Å². The molecule has 112 valence electrons. The number of amides is 1. The van der Waals surface area contributed by atoms with Gasteiger partial charge in [0.15, 0.2) is 0 Å². The number of benzene rings is 1. The van der Waals surface area contributed by atoms with E-state index >= 15 is 0 Å². The van der Waals surface area contributed by atoms with Crippen LogP contribution >= 0.6 is 0 Å². The molecule has 0 saturated heterocycles. The maximum Gasteiger partial charge on any atom is 0.289 e. The Morgan fingerprint density at radius 3 is 2.38 bits per heavy atom. The molecule has 1 unspecified atom stereocenters. The number of nitrogens with one attached hydrogen (secondary N) is 1. The molecular weight excluding hydrogens is 266 g/mol. The molecule has 6 heteroatoms. The minimum absolute atomic E-state index is 0.0855. The fourth-order valence-electron chi connectivity index (χ4n) is 2.11. The fraction of sp³-hybridized carbons (Fsp3) is 0.400. The van der Waals surface area contributed by atoms with Crippen molar-refractivity contribution in [2.75, 3.05) is 19.0 Å². The molecule has 0 aliphatic carbocycles. The molecule has 6 nitrogen and oxygen atoms in total. The van der Waals surface area contributed by atoms with E-state index in [4.69, 9.17) is 0 Å². The van der Waals surface area contributed by atoms with Crippen LogP contribution in [0.25, 0.3) is 0 Å². The van der Waals surface area contributed by atoms with E-state index in [0.29, 0.717) is 11.8 Å². The molecule has 1 heterocycles. The number of anilines is 1. The van der Waals surface area contributed by atoms with Gasteiger partial charge in [-0.1, -0.05) is 29.8 Å². The van der Waals surface area contributed by atoms with E-state index in [2.05, 4.69) is 15.5 Å². The van der Waals surface area contributed by atoms with Crippen molar-refractivity contribution in [2.24, 2.45) is 7.05 Å². The van der Waals surface area contributed by atoms with Crippen molar-refractivity contribution < 1.29 is 4.79 Å². The van der Waals surface area contributed by atoms with Gasteiger partial charge in [-0.25, -0.2) is 0 Å². The van der Waals surface area contributed by atoms with Crippen molar-refractivity contribution in [3.05, 3.63) is 41.2 Å². The zero-order valence-corrected chi connectivity index (χ0v) is 13.1. The molecule has 0 fully saturated rings. The number of hydrogen-bond acceptors (Lipinski definition) is 4. The van der Waals surface area contributed by atoms with E-state index in [1.165, 1.54) is 5.56 Å². The quantitative estimate of drug-likeness (QED) is 0.929. The summed E-state index contributed by atoms with van der Waals surface area (Å²) in [5.41, 5.74) is 2.25. The number of carbonyl (C=O) groups is 1. The van der Waals surface area contributed by atoms with Crippen LogP contribution in [0.15, 0.2) is 24.3 Å². The standard InChI is InChI=1S/C15H21N5O/c1-10-6-8-12(9-7-10)11(2)16-14(21)13-17-18-15(19(3)4)20(13)5/h6-9,11H,1-5H3,(H,16,21). The molecule has 0 saturated carbocycles. The SMILES string of the molecule is Cc1ccc(C(C)NC(=O)c2nnc(N(C)C)n2C)cc1. The van der Waals surface area contributed by atoms with Gasteiger partial charge >= 0.3 is 0 Å². The summed E-state index contributed by atoms with van der Waals surface area (Å²) in [5, 5.41) is 10.9. The Bertz CT molecular complexity index is 630. The second-order valence-corrected chi connectivity index (χ2v) is 5.38. The smallest absolute Gasteiger partial charge is 0.289 e. The number of carbonyl (C=O) groups excluding carboxylic acids is 1. The largest absolute Gasteiger partial charge is 0.347 e. The van der Waals surface area contributed by atoms with Gasteiger partial charge in [0, 0.05) is 21.1 Å². The minimum Gasteiger partial charge on any atom is -0.347 e. The van der Waals surface area contributed by atoms with Crippen LogP contribution in [-0.2, 0) is 7.05 Å². The van der Waals surface area contributed by atoms with Crippen LogP contribution in [-0.4, -0.2) is 34.8 Å². The van der Waals surface area contributed by atoms with Gasteiger partial charge in [0.2, 0.25) is 11.8 Å². The molecule has 0 spiro atoms. The summed E-state index contributed by atoms with van der Waals surface area (Å²) >= 11 is 0. The van der Waals surface area contributed by atoms with E-state index in [1.54, 1.807) is 11.6 Å². The molecule has 1 amide bonds. The topological polar surface area (TPSA) is 63.1 Å². The van der Waals surface area contributed by atoms with E-state index in [-0.39, 0.29) is 11.9 Å². The summed E-state index contributed by atoms with van der Waals surface area (Å²) in [5.74, 6) is 0.715. The molecule has 1 atom stereocenters. The summed E-state index contributed by atoms with van der Waals surface area (Å²) in [4.78, 5) is 14.1. The maximum atomic E-state index is 12.3. The normalized spacial score (nSPS) is 12.0. The van der Waals surface area contributed by atoms with Gasteiger partial charge in [0.25, 0.3) is 5.91 Å². The van der Waals surface area contributed by atoms with E-state index < -0.39 is 0 Å². The molecular formula is C15H21N5O. The van der Waals surface area contributed by atoms with Crippen molar-refractivity contribution in [2.45, 2.75) is 19.9 Å². The Labute approximate surface area is 124 Å². The van der Waals surface area contributed by atoms with Crippen molar-refractivity contribution >= 4 is 11.9 Å². The highest BCUT2D eigenvalue weighted by atomic mass is 16.2. The van der Waals surface area contributed by atoms with Gasteiger partial charge < -0.3 is 10.2 Å². The number of hydrogen-bond donors (Lipinski definition) is 1. The molecule has 0 radical (unpaired) electrons. The lowest BCUT2D eigenvalue weighted by Crippen LogP contribution is -2.29. The monoisotopic (exact) mass is 287 g/mol. The lowest BCUT2D eigenvalue weighted by atomic mass is 10.1. The molecule has 0 aliphatic heterocycles. The predicted octanol–water partition coefficient (Wildman–Crippen LogP) is 1.68. The Balaban J connectivity index is 2.12. The van der Waals surface area contributed by atoms with Crippen molar-refractivity contribution in [3.63, 3.8) is 0 Å². The number of rotatable bonds is 4. The highest BCUT2D eigenvalue weighted by Gasteiger charge is 2.19. The van der Waals surface area contributed by atoms with Crippen LogP contribution in [0.5, 0.6) is 0 Å². The Kier molecular flexibility index (Phi) is 4.26. The highest BCUT2D eigenvalue weighted by molar-refractivity contribution is 5.91. The summed E-state index contributed by atoms with van der Waals surface area (Å²) < 4.78 is 1.68. The van der Waals surface area contributed by atoms with Crippen LogP contribution in [0, 0.1) is 6.92 Å². The zero-order chi connectivity index (χ0) is 15.6.